The number of nitrogens with one attached hydrogen (secondary N) is 2. The summed E-state index contributed by atoms with van der Waals surface area (Å²) in [4.78, 5) is 11.8. The number of halogens is 4. The van der Waals surface area contributed by atoms with Gasteiger partial charge >= 0.3 is 6.18 Å². The fourth-order valence-electron chi connectivity index (χ4n) is 1.83. The summed E-state index contributed by atoms with van der Waals surface area (Å²) >= 11 is 2.07. The SMILES string of the molecule is O=C(Nc1cccc(I)c1)c1cccc(S(=O)(=O)NCC(F)(F)F)c1. The fraction of sp³-hybridized carbons (Fsp3) is 0.133. The van der Waals surface area contributed by atoms with E-state index in [2.05, 4.69) is 27.9 Å². The molecule has 0 aliphatic carbocycles. The predicted molar refractivity (Wildman–Crippen MR) is 94.8 cm³/mol. The summed E-state index contributed by atoms with van der Waals surface area (Å²) in [6, 6.07) is 11.7. The molecule has 0 saturated heterocycles. The number of benzene rings is 2. The molecule has 0 unspecified atom stereocenters. The highest BCUT2D eigenvalue weighted by molar-refractivity contribution is 14.1. The zero-order valence-electron chi connectivity index (χ0n) is 12.5. The molecule has 2 aromatic carbocycles. The second-order valence-corrected chi connectivity index (χ2v) is 7.94. The second kappa shape index (κ2) is 7.70. The van der Waals surface area contributed by atoms with Crippen LogP contribution in [0.25, 0.3) is 0 Å². The number of carbonyl (C=O) groups is 1. The Morgan fingerprint density at radius 2 is 1.76 bits per heavy atom. The standard InChI is InChI=1S/C15H12F3IN2O3S/c16-15(17,18)9-20-25(23,24)13-6-1-3-10(7-13)14(22)21-12-5-2-4-11(19)8-12/h1-8,20H,9H2,(H,21,22). The monoisotopic (exact) mass is 484 g/mol. The Balaban J connectivity index is 2.19. The molecule has 1 amide bonds. The van der Waals surface area contributed by atoms with Crippen molar-refractivity contribution in [1.29, 1.82) is 0 Å². The first-order valence-electron chi connectivity index (χ1n) is 6.80. The van der Waals surface area contributed by atoms with Crippen molar-refractivity contribution in [3.8, 4) is 0 Å². The summed E-state index contributed by atoms with van der Waals surface area (Å²) < 4.78 is 62.7. The van der Waals surface area contributed by atoms with Gasteiger partial charge < -0.3 is 5.32 Å². The van der Waals surface area contributed by atoms with E-state index in [-0.39, 0.29) is 5.56 Å². The van der Waals surface area contributed by atoms with Gasteiger partial charge in [-0.1, -0.05) is 12.1 Å². The number of rotatable bonds is 5. The molecule has 5 nitrogen and oxygen atoms in total. The lowest BCUT2D eigenvalue weighted by atomic mass is 10.2. The number of hydrogen-bond donors (Lipinski definition) is 2. The summed E-state index contributed by atoms with van der Waals surface area (Å²) in [6.45, 7) is -1.69. The predicted octanol–water partition coefficient (Wildman–Crippen LogP) is 3.38. The highest BCUT2D eigenvalue weighted by atomic mass is 127. The summed E-state index contributed by atoms with van der Waals surface area (Å²) in [7, 11) is -4.38. The van der Waals surface area contributed by atoms with Gasteiger partial charge in [0.25, 0.3) is 5.91 Å². The van der Waals surface area contributed by atoms with Gasteiger partial charge in [0.15, 0.2) is 0 Å². The largest absolute Gasteiger partial charge is 0.402 e. The van der Waals surface area contributed by atoms with Gasteiger partial charge in [-0.15, -0.1) is 0 Å². The van der Waals surface area contributed by atoms with Crippen molar-refractivity contribution in [3.05, 3.63) is 57.7 Å². The molecule has 0 atom stereocenters. The molecule has 25 heavy (non-hydrogen) atoms. The number of sulfonamides is 1. The van der Waals surface area contributed by atoms with Crippen LogP contribution in [0.1, 0.15) is 10.4 Å². The minimum atomic E-state index is -4.67. The molecular formula is C15H12F3IN2O3S. The van der Waals surface area contributed by atoms with Crippen molar-refractivity contribution >= 4 is 44.2 Å². The van der Waals surface area contributed by atoms with Crippen molar-refractivity contribution < 1.29 is 26.4 Å². The first-order valence-corrected chi connectivity index (χ1v) is 9.36. The van der Waals surface area contributed by atoms with Crippen LogP contribution in [0.3, 0.4) is 0 Å². The molecule has 0 aliphatic heterocycles. The van der Waals surface area contributed by atoms with Crippen molar-refractivity contribution in [1.82, 2.24) is 4.72 Å². The summed E-state index contributed by atoms with van der Waals surface area (Å²) in [5.74, 6) is -0.574. The fourth-order valence-corrected chi connectivity index (χ4v) is 3.44. The average molecular weight is 484 g/mol. The van der Waals surface area contributed by atoms with Gasteiger partial charge in [-0.2, -0.15) is 13.2 Å². The van der Waals surface area contributed by atoms with E-state index in [1.165, 1.54) is 16.9 Å². The van der Waals surface area contributed by atoms with Crippen LogP contribution >= 0.6 is 22.6 Å². The van der Waals surface area contributed by atoms with Crippen molar-refractivity contribution in [2.24, 2.45) is 0 Å². The number of carbonyl (C=O) groups excluding carboxylic acids is 1. The Labute approximate surface area is 155 Å². The summed E-state index contributed by atoms with van der Waals surface area (Å²) in [5.41, 5.74) is 0.522. The third-order valence-corrected chi connectivity index (χ3v) is 5.02. The Bertz CT molecular complexity index is 886. The maximum absolute atomic E-state index is 12.2. The Morgan fingerprint density at radius 1 is 1.08 bits per heavy atom. The normalized spacial score (nSPS) is 12.0. The first-order chi connectivity index (χ1) is 11.6. The third-order valence-electron chi connectivity index (χ3n) is 2.95. The van der Waals surface area contributed by atoms with E-state index in [9.17, 15) is 26.4 Å². The zero-order valence-corrected chi connectivity index (χ0v) is 15.4. The van der Waals surface area contributed by atoms with Crippen molar-refractivity contribution in [2.75, 3.05) is 11.9 Å². The molecule has 0 radical (unpaired) electrons. The van der Waals surface area contributed by atoms with Gasteiger partial charge in [-0.05, 0) is 59.0 Å². The van der Waals surface area contributed by atoms with Gasteiger partial charge in [0.1, 0.15) is 6.54 Å². The van der Waals surface area contributed by atoms with E-state index >= 15 is 0 Å². The van der Waals surface area contributed by atoms with Crippen LogP contribution in [-0.2, 0) is 10.0 Å². The molecule has 134 valence electrons. The third kappa shape index (κ3) is 5.97. The van der Waals surface area contributed by atoms with E-state index < -0.39 is 33.5 Å². The van der Waals surface area contributed by atoms with Crippen LogP contribution in [0.15, 0.2) is 53.4 Å². The maximum atomic E-state index is 12.2. The lowest BCUT2D eigenvalue weighted by molar-refractivity contribution is -0.121. The Hall–Kier alpha value is -1.66. The van der Waals surface area contributed by atoms with E-state index in [1.807, 2.05) is 6.07 Å². The lowest BCUT2D eigenvalue weighted by Gasteiger charge is -2.10. The molecule has 0 aliphatic rings. The molecule has 0 aromatic heterocycles. The molecule has 0 heterocycles. The van der Waals surface area contributed by atoms with E-state index in [1.54, 1.807) is 18.2 Å². The van der Waals surface area contributed by atoms with Crippen LogP contribution in [0.5, 0.6) is 0 Å². The van der Waals surface area contributed by atoms with Gasteiger partial charge in [0.05, 0.1) is 4.90 Å². The lowest BCUT2D eigenvalue weighted by Crippen LogP contribution is -2.33. The molecule has 2 aromatic rings. The highest BCUT2D eigenvalue weighted by Gasteiger charge is 2.30. The zero-order chi connectivity index (χ0) is 18.7. The van der Waals surface area contributed by atoms with E-state index in [0.717, 1.165) is 15.7 Å². The molecule has 2 N–H and O–H groups in total. The van der Waals surface area contributed by atoms with Crippen LogP contribution in [0, 0.1) is 3.57 Å². The number of amides is 1. The van der Waals surface area contributed by atoms with Crippen LogP contribution < -0.4 is 10.0 Å². The number of alkyl halides is 3. The molecule has 0 bridgehead atoms. The quantitative estimate of drug-likeness (QED) is 0.640. The smallest absolute Gasteiger partial charge is 0.322 e. The average Bonchev–Trinajstić information content (AvgIpc) is 2.53. The Morgan fingerprint density at radius 3 is 2.40 bits per heavy atom. The number of anilines is 1. The minimum Gasteiger partial charge on any atom is -0.322 e. The van der Waals surface area contributed by atoms with Gasteiger partial charge in [-0.3, -0.25) is 4.79 Å². The molecule has 10 heteroatoms. The van der Waals surface area contributed by atoms with Gasteiger partial charge in [0.2, 0.25) is 10.0 Å². The highest BCUT2D eigenvalue weighted by Crippen LogP contribution is 2.18. The molecule has 2 rings (SSSR count). The summed E-state index contributed by atoms with van der Waals surface area (Å²) in [5, 5.41) is 2.59. The molecule has 0 fully saturated rings. The maximum Gasteiger partial charge on any atom is 0.402 e. The van der Waals surface area contributed by atoms with Crippen LogP contribution in [0.4, 0.5) is 18.9 Å². The molecular weight excluding hydrogens is 472 g/mol. The van der Waals surface area contributed by atoms with E-state index in [0.29, 0.717) is 5.69 Å². The van der Waals surface area contributed by atoms with E-state index in [4.69, 9.17) is 0 Å². The first kappa shape index (κ1) is 19.7. The van der Waals surface area contributed by atoms with Crippen LogP contribution in [0.2, 0.25) is 0 Å². The molecule has 0 spiro atoms. The Kier molecular flexibility index (Phi) is 6.06. The van der Waals surface area contributed by atoms with Gasteiger partial charge in [0, 0.05) is 14.8 Å². The van der Waals surface area contributed by atoms with Crippen molar-refractivity contribution in [2.45, 2.75) is 11.1 Å². The number of hydrogen-bond acceptors (Lipinski definition) is 3. The summed E-state index contributed by atoms with van der Waals surface area (Å²) in [6.07, 6.45) is -4.67. The van der Waals surface area contributed by atoms with Gasteiger partial charge in [-0.25, -0.2) is 13.1 Å². The van der Waals surface area contributed by atoms with Crippen molar-refractivity contribution in [3.63, 3.8) is 0 Å². The second-order valence-electron chi connectivity index (χ2n) is 4.93. The molecule has 0 saturated carbocycles. The topological polar surface area (TPSA) is 75.3 Å². The minimum absolute atomic E-state index is 0.00810. The van der Waals surface area contributed by atoms with Crippen LogP contribution in [-0.4, -0.2) is 27.0 Å².